The number of piperazine rings is 1. The number of amides is 1. The number of nitrogens with one attached hydrogen (secondary N) is 1. The molecule has 0 aromatic heterocycles. The van der Waals surface area contributed by atoms with Gasteiger partial charge in [-0.2, -0.15) is 0 Å². The Hall–Kier alpha value is -2.62. The number of sulfonamides is 1. The summed E-state index contributed by atoms with van der Waals surface area (Å²) < 4.78 is 44.8. The number of fused-ring (bicyclic) bond motifs is 2. The van der Waals surface area contributed by atoms with Gasteiger partial charge in [0.1, 0.15) is 11.6 Å². The molecule has 2 aliphatic rings. The first-order valence-corrected chi connectivity index (χ1v) is 13.8. The number of nitrogens with zero attached hydrogens (tertiary/aromatic N) is 2. The van der Waals surface area contributed by atoms with E-state index in [2.05, 4.69) is 9.62 Å². The molecule has 2 saturated heterocycles. The minimum Gasteiger partial charge on any atom is -0.492 e. The Morgan fingerprint density at radius 1 is 1.20 bits per heavy atom. The van der Waals surface area contributed by atoms with Crippen LogP contribution in [0.4, 0.5) is 10.1 Å². The van der Waals surface area contributed by atoms with Crippen molar-refractivity contribution in [3.63, 3.8) is 0 Å². The second kappa shape index (κ2) is 10.6. The van der Waals surface area contributed by atoms with Crippen molar-refractivity contribution in [3.05, 3.63) is 64.4 Å². The molecule has 2 heterocycles. The van der Waals surface area contributed by atoms with Crippen LogP contribution < -0.4 is 9.46 Å². The number of carbonyl (C=O) groups is 1. The molecule has 4 rings (SSSR count). The summed E-state index contributed by atoms with van der Waals surface area (Å²) in [5.41, 5.74) is 1.81. The summed E-state index contributed by atoms with van der Waals surface area (Å²) in [6, 6.07) is 9.83. The fraction of sp³-hybridized carbons (Fsp3) is 0.400. The lowest BCUT2D eigenvalue weighted by atomic mass is 10.1. The van der Waals surface area contributed by atoms with Crippen LogP contribution >= 0.6 is 11.6 Å². The average molecular weight is 522 g/mol. The van der Waals surface area contributed by atoms with Gasteiger partial charge in [-0.05, 0) is 55.7 Å². The van der Waals surface area contributed by atoms with E-state index in [0.29, 0.717) is 17.9 Å². The molecule has 2 fully saturated rings. The standard InChI is InChI=1S/C25H29ClFN3O4S/c1-3-34-24-12-18(23(13-22(24)26)28-35(2,32)33)6-11-25(31)30-20-9-10-21(30)16-29(15-20)14-17-4-7-19(27)8-5-17/h4-8,11-13,20-21,28H,3,9-10,14-16H2,1-2H3. The number of hydrogen-bond donors (Lipinski definition) is 1. The first-order valence-electron chi connectivity index (χ1n) is 11.5. The maximum atomic E-state index is 13.2. The highest BCUT2D eigenvalue weighted by atomic mass is 35.5. The Balaban J connectivity index is 1.49. The Bertz CT molecular complexity index is 1210. The average Bonchev–Trinajstić information content (AvgIpc) is 3.05. The van der Waals surface area contributed by atoms with Crippen molar-refractivity contribution in [1.29, 1.82) is 0 Å². The molecule has 1 N–H and O–H groups in total. The molecule has 7 nitrogen and oxygen atoms in total. The molecule has 35 heavy (non-hydrogen) atoms. The molecule has 0 saturated carbocycles. The molecule has 188 valence electrons. The second-order valence-corrected chi connectivity index (χ2v) is 11.1. The quantitative estimate of drug-likeness (QED) is 0.528. The molecule has 2 aliphatic heterocycles. The van der Waals surface area contributed by atoms with Gasteiger partial charge in [0.15, 0.2) is 0 Å². The zero-order chi connectivity index (χ0) is 25.2. The molecule has 0 radical (unpaired) electrons. The Kier molecular flexibility index (Phi) is 7.68. The number of ether oxygens (including phenoxy) is 1. The maximum Gasteiger partial charge on any atom is 0.247 e. The summed E-state index contributed by atoms with van der Waals surface area (Å²) in [4.78, 5) is 17.4. The van der Waals surface area contributed by atoms with E-state index in [1.165, 1.54) is 24.3 Å². The van der Waals surface area contributed by atoms with E-state index in [0.717, 1.165) is 44.3 Å². The number of likely N-dealkylation sites (tertiary alicyclic amines) is 1. The molecular formula is C25H29ClFN3O4S. The summed E-state index contributed by atoms with van der Waals surface area (Å²) in [5.74, 6) is 0.0481. The smallest absolute Gasteiger partial charge is 0.247 e. The van der Waals surface area contributed by atoms with Gasteiger partial charge in [0.25, 0.3) is 0 Å². The van der Waals surface area contributed by atoms with Crippen molar-refractivity contribution >= 4 is 39.3 Å². The van der Waals surface area contributed by atoms with Crippen LogP contribution in [0.2, 0.25) is 5.02 Å². The monoisotopic (exact) mass is 521 g/mol. The van der Waals surface area contributed by atoms with Crippen LogP contribution in [0.1, 0.15) is 30.9 Å². The number of benzene rings is 2. The Morgan fingerprint density at radius 3 is 2.46 bits per heavy atom. The maximum absolute atomic E-state index is 13.2. The van der Waals surface area contributed by atoms with E-state index in [1.54, 1.807) is 24.3 Å². The van der Waals surface area contributed by atoms with Gasteiger partial charge in [-0.1, -0.05) is 23.7 Å². The molecular weight excluding hydrogens is 493 g/mol. The number of rotatable bonds is 8. The van der Waals surface area contributed by atoms with Crippen LogP contribution in [0.5, 0.6) is 5.75 Å². The van der Waals surface area contributed by atoms with Crippen LogP contribution in [-0.4, -0.2) is 62.2 Å². The molecule has 2 aromatic rings. The summed E-state index contributed by atoms with van der Waals surface area (Å²) >= 11 is 6.24. The number of hydrogen-bond acceptors (Lipinski definition) is 5. The van der Waals surface area contributed by atoms with Gasteiger partial charge in [-0.3, -0.25) is 14.4 Å². The van der Waals surface area contributed by atoms with Crippen molar-refractivity contribution in [2.45, 2.75) is 38.4 Å². The first-order chi connectivity index (χ1) is 16.6. The van der Waals surface area contributed by atoms with Crippen LogP contribution in [-0.2, 0) is 21.4 Å². The Labute approximate surface area is 210 Å². The largest absolute Gasteiger partial charge is 0.492 e. The highest BCUT2D eigenvalue weighted by Crippen LogP contribution is 2.34. The molecule has 0 spiro atoms. The molecule has 10 heteroatoms. The van der Waals surface area contributed by atoms with Crippen molar-refractivity contribution in [2.75, 3.05) is 30.7 Å². The third-order valence-electron chi connectivity index (χ3n) is 6.24. The van der Waals surface area contributed by atoms with Gasteiger partial charge < -0.3 is 9.64 Å². The molecule has 2 unspecified atom stereocenters. The zero-order valence-corrected chi connectivity index (χ0v) is 21.3. The topological polar surface area (TPSA) is 79.0 Å². The van der Waals surface area contributed by atoms with E-state index >= 15 is 0 Å². The second-order valence-electron chi connectivity index (χ2n) is 8.96. The van der Waals surface area contributed by atoms with Crippen molar-refractivity contribution < 1.29 is 22.3 Å². The highest BCUT2D eigenvalue weighted by Gasteiger charge is 2.41. The Morgan fingerprint density at radius 2 is 1.86 bits per heavy atom. The molecule has 2 aromatic carbocycles. The molecule has 0 aliphatic carbocycles. The van der Waals surface area contributed by atoms with E-state index in [1.807, 2.05) is 11.8 Å². The molecule has 2 bridgehead atoms. The normalized spacial score (nSPS) is 20.4. The summed E-state index contributed by atoms with van der Waals surface area (Å²) in [6.45, 7) is 4.44. The van der Waals surface area contributed by atoms with Gasteiger partial charge in [-0.15, -0.1) is 0 Å². The molecule has 1 amide bonds. The lowest BCUT2D eigenvalue weighted by Crippen LogP contribution is -2.55. The predicted octanol–water partition coefficient (Wildman–Crippen LogP) is 4.14. The minimum atomic E-state index is -3.55. The minimum absolute atomic E-state index is 0.101. The van der Waals surface area contributed by atoms with E-state index in [-0.39, 0.29) is 34.5 Å². The van der Waals surface area contributed by atoms with Crippen molar-refractivity contribution in [1.82, 2.24) is 9.80 Å². The summed E-state index contributed by atoms with van der Waals surface area (Å²) in [7, 11) is -3.55. The lowest BCUT2D eigenvalue weighted by molar-refractivity contribution is -0.131. The fourth-order valence-corrected chi connectivity index (χ4v) is 5.63. The van der Waals surface area contributed by atoms with E-state index in [9.17, 15) is 17.6 Å². The van der Waals surface area contributed by atoms with Crippen LogP contribution in [0, 0.1) is 5.82 Å². The molecule has 2 atom stereocenters. The SMILES string of the molecule is CCOc1cc(C=CC(=O)N2C3CCC2CN(Cc2ccc(F)cc2)C3)c(NS(C)(=O)=O)cc1Cl. The summed E-state index contributed by atoms with van der Waals surface area (Å²) in [6.07, 6.45) is 5.99. The third-order valence-corrected chi connectivity index (χ3v) is 7.12. The van der Waals surface area contributed by atoms with E-state index in [4.69, 9.17) is 16.3 Å². The van der Waals surface area contributed by atoms with Crippen LogP contribution in [0.3, 0.4) is 0 Å². The first kappa shape index (κ1) is 25.5. The lowest BCUT2D eigenvalue weighted by Gasteiger charge is -2.40. The van der Waals surface area contributed by atoms with Gasteiger partial charge in [0.2, 0.25) is 15.9 Å². The van der Waals surface area contributed by atoms with Gasteiger partial charge >= 0.3 is 0 Å². The van der Waals surface area contributed by atoms with Gasteiger partial charge in [-0.25, -0.2) is 12.8 Å². The van der Waals surface area contributed by atoms with Gasteiger partial charge in [0.05, 0.1) is 23.6 Å². The van der Waals surface area contributed by atoms with E-state index < -0.39 is 10.0 Å². The number of anilines is 1. The van der Waals surface area contributed by atoms with Gasteiger partial charge in [0, 0.05) is 43.4 Å². The highest BCUT2D eigenvalue weighted by molar-refractivity contribution is 7.92. The van der Waals surface area contributed by atoms with Crippen molar-refractivity contribution in [2.24, 2.45) is 0 Å². The van der Waals surface area contributed by atoms with Crippen molar-refractivity contribution in [3.8, 4) is 5.75 Å². The summed E-state index contributed by atoms with van der Waals surface area (Å²) in [5, 5.41) is 0.275. The number of carbonyl (C=O) groups excluding carboxylic acids is 1. The number of halogens is 2. The fourth-order valence-electron chi connectivity index (χ4n) is 4.84. The third kappa shape index (κ3) is 6.34. The predicted molar refractivity (Wildman–Crippen MR) is 135 cm³/mol. The zero-order valence-electron chi connectivity index (χ0n) is 19.7. The van der Waals surface area contributed by atoms with Crippen LogP contribution in [0.25, 0.3) is 6.08 Å². The van der Waals surface area contributed by atoms with Crippen LogP contribution in [0.15, 0.2) is 42.5 Å².